The summed E-state index contributed by atoms with van der Waals surface area (Å²) in [4.78, 5) is 4.29. The molecule has 0 atom stereocenters. The molecule has 1 aromatic carbocycles. The number of thiocarbonyl (C=S) groups is 1. The summed E-state index contributed by atoms with van der Waals surface area (Å²) < 4.78 is 7.69. The van der Waals surface area contributed by atoms with E-state index < -0.39 is 0 Å². The molecule has 2 heterocycles. The number of aromatic nitrogens is 4. The quantitative estimate of drug-likeness (QED) is 0.613. The summed E-state index contributed by atoms with van der Waals surface area (Å²) in [6.45, 7) is 3.22. The molecule has 0 amide bonds. The minimum absolute atomic E-state index is 0.594. The zero-order valence-electron chi connectivity index (χ0n) is 13.8. The second-order valence-corrected chi connectivity index (χ2v) is 6.88. The summed E-state index contributed by atoms with van der Waals surface area (Å²) >= 11 is 6.66. The summed E-state index contributed by atoms with van der Waals surface area (Å²) in [7, 11) is 0. The average Bonchev–Trinajstić information content (AvgIpc) is 3.11. The van der Waals surface area contributed by atoms with Gasteiger partial charge in [-0.25, -0.2) is 4.68 Å². The van der Waals surface area contributed by atoms with E-state index >= 15 is 0 Å². The molecule has 0 bridgehead atoms. The normalized spacial score (nSPS) is 10.6. The van der Waals surface area contributed by atoms with Crippen LogP contribution in [0.2, 0.25) is 0 Å². The second kappa shape index (κ2) is 8.73. The number of nitrogens with zero attached hydrogens (tertiary/aromatic N) is 4. The molecule has 0 unspecified atom stereocenters. The van der Waals surface area contributed by atoms with E-state index in [2.05, 4.69) is 39.6 Å². The Morgan fingerprint density at radius 2 is 1.92 bits per heavy atom. The van der Waals surface area contributed by atoms with Gasteiger partial charge in [0.05, 0.1) is 25.0 Å². The molecule has 3 rings (SSSR count). The van der Waals surface area contributed by atoms with Crippen LogP contribution in [0.4, 0.5) is 0 Å². The average molecular weight is 371 g/mol. The molecule has 7 heteroatoms. The fraction of sp³-hybridized carbons (Fsp3) is 0.222. The summed E-state index contributed by atoms with van der Waals surface area (Å²) in [5.41, 5.74) is 3.98. The highest BCUT2D eigenvalue weighted by Crippen LogP contribution is 2.17. The first-order valence-electron chi connectivity index (χ1n) is 7.93. The molecular weight excluding hydrogens is 352 g/mol. The molecule has 25 heavy (non-hydrogen) atoms. The van der Waals surface area contributed by atoms with Crippen molar-refractivity contribution in [2.24, 2.45) is 0 Å². The van der Waals surface area contributed by atoms with Crippen molar-refractivity contribution in [2.75, 3.05) is 6.61 Å². The van der Waals surface area contributed by atoms with Gasteiger partial charge in [-0.3, -0.25) is 4.98 Å². The molecule has 0 aliphatic heterocycles. The Labute approximate surface area is 156 Å². The van der Waals surface area contributed by atoms with Crippen LogP contribution >= 0.6 is 24.0 Å². The first kappa shape index (κ1) is 17.6. The molecule has 5 nitrogen and oxygen atoms in total. The van der Waals surface area contributed by atoms with Gasteiger partial charge in [0.2, 0.25) is 4.38 Å². The fourth-order valence-electron chi connectivity index (χ4n) is 2.24. The van der Waals surface area contributed by atoms with Crippen molar-refractivity contribution in [2.45, 2.75) is 19.2 Å². The van der Waals surface area contributed by atoms with Crippen molar-refractivity contribution in [1.29, 1.82) is 0 Å². The van der Waals surface area contributed by atoms with Gasteiger partial charge in [0.15, 0.2) is 0 Å². The lowest BCUT2D eigenvalue weighted by molar-refractivity contribution is 0.346. The highest BCUT2D eigenvalue weighted by molar-refractivity contribution is 8.22. The van der Waals surface area contributed by atoms with Crippen molar-refractivity contribution in [3.63, 3.8) is 0 Å². The van der Waals surface area contributed by atoms with Crippen LogP contribution in [-0.2, 0) is 17.0 Å². The van der Waals surface area contributed by atoms with Gasteiger partial charge in [-0.05, 0) is 42.4 Å². The van der Waals surface area contributed by atoms with Crippen LogP contribution < -0.4 is 0 Å². The van der Waals surface area contributed by atoms with Crippen molar-refractivity contribution in [3.8, 4) is 11.4 Å². The molecule has 0 N–H and O–H groups in total. The summed E-state index contributed by atoms with van der Waals surface area (Å²) in [5.74, 6) is 0.812. The predicted octanol–water partition coefficient (Wildman–Crippen LogP) is 3.94. The van der Waals surface area contributed by atoms with Crippen LogP contribution in [0.15, 0.2) is 54.9 Å². The summed E-state index contributed by atoms with van der Waals surface area (Å²) in [6, 6.07) is 14.2. The molecule has 0 saturated heterocycles. The first-order chi connectivity index (χ1) is 12.2. The van der Waals surface area contributed by atoms with E-state index in [1.165, 1.54) is 22.9 Å². The molecular formula is C18H18N4OS2. The van der Waals surface area contributed by atoms with Gasteiger partial charge in [-0.1, -0.05) is 47.3 Å². The third kappa shape index (κ3) is 5.11. The van der Waals surface area contributed by atoms with E-state index in [1.54, 1.807) is 6.20 Å². The number of ether oxygens (including phenoxy) is 1. The Bertz CT molecular complexity index is 819. The molecule has 2 aromatic heterocycles. The smallest absolute Gasteiger partial charge is 0.220 e. The van der Waals surface area contributed by atoms with Crippen molar-refractivity contribution >= 4 is 28.4 Å². The Morgan fingerprint density at radius 1 is 1.12 bits per heavy atom. The van der Waals surface area contributed by atoms with Crippen LogP contribution in [0.1, 0.15) is 18.1 Å². The molecule has 0 saturated carbocycles. The van der Waals surface area contributed by atoms with Crippen LogP contribution in [0.5, 0.6) is 0 Å². The summed E-state index contributed by atoms with van der Waals surface area (Å²) in [6.07, 6.45) is 3.66. The maximum Gasteiger partial charge on any atom is 0.220 e. The van der Waals surface area contributed by atoms with Crippen LogP contribution in [0.25, 0.3) is 11.4 Å². The lowest BCUT2D eigenvalue weighted by Gasteiger charge is -2.06. The highest BCUT2D eigenvalue weighted by atomic mass is 32.2. The van der Waals surface area contributed by atoms with E-state index in [-0.39, 0.29) is 0 Å². The maximum atomic E-state index is 5.28. The standard InChI is InChI=1S/C18H18N4OS2/c1-2-23-18(24)25-13-15-8-6-14(7-9-15)11-22-12-17(20-21-22)16-5-3-4-10-19-16/h3-10,12H,2,11,13H2,1H3. The van der Waals surface area contributed by atoms with Gasteiger partial charge in [0.1, 0.15) is 5.69 Å². The van der Waals surface area contributed by atoms with Gasteiger partial charge >= 0.3 is 0 Å². The molecule has 0 fully saturated rings. The molecule has 0 spiro atoms. The largest absolute Gasteiger partial charge is 0.479 e. The van der Waals surface area contributed by atoms with Crippen LogP contribution in [-0.4, -0.2) is 31.0 Å². The van der Waals surface area contributed by atoms with E-state index in [4.69, 9.17) is 17.0 Å². The minimum atomic E-state index is 0.594. The van der Waals surface area contributed by atoms with E-state index in [0.29, 0.717) is 17.5 Å². The van der Waals surface area contributed by atoms with E-state index in [0.717, 1.165) is 17.1 Å². The third-order valence-electron chi connectivity index (χ3n) is 3.45. The highest BCUT2D eigenvalue weighted by Gasteiger charge is 2.05. The molecule has 0 aliphatic carbocycles. The SMILES string of the molecule is CCOC(=S)SCc1ccc(Cn2cc(-c3ccccn3)nn2)cc1. The molecule has 128 valence electrons. The molecule has 3 aromatic rings. The van der Waals surface area contributed by atoms with Gasteiger partial charge in [-0.15, -0.1) is 5.10 Å². The Hall–Kier alpha value is -2.25. The maximum absolute atomic E-state index is 5.28. The lowest BCUT2D eigenvalue weighted by atomic mass is 10.1. The number of thioether (sulfide) groups is 1. The van der Waals surface area contributed by atoms with Gasteiger partial charge in [0.25, 0.3) is 0 Å². The van der Waals surface area contributed by atoms with Gasteiger partial charge in [-0.2, -0.15) is 0 Å². The Morgan fingerprint density at radius 3 is 2.64 bits per heavy atom. The third-order valence-corrected chi connectivity index (χ3v) is 4.76. The molecule has 0 radical (unpaired) electrons. The Balaban J connectivity index is 1.58. The minimum Gasteiger partial charge on any atom is -0.479 e. The predicted molar refractivity (Wildman–Crippen MR) is 104 cm³/mol. The second-order valence-electron chi connectivity index (χ2n) is 5.30. The van der Waals surface area contributed by atoms with E-state index in [9.17, 15) is 0 Å². The van der Waals surface area contributed by atoms with Crippen molar-refractivity contribution in [1.82, 2.24) is 20.0 Å². The van der Waals surface area contributed by atoms with Crippen molar-refractivity contribution in [3.05, 3.63) is 66.0 Å². The number of hydrogen-bond donors (Lipinski definition) is 0. The van der Waals surface area contributed by atoms with Crippen molar-refractivity contribution < 1.29 is 4.74 Å². The van der Waals surface area contributed by atoms with Gasteiger partial charge < -0.3 is 4.74 Å². The number of benzene rings is 1. The van der Waals surface area contributed by atoms with E-state index in [1.807, 2.05) is 36.0 Å². The lowest BCUT2D eigenvalue weighted by Crippen LogP contribution is -2.00. The zero-order valence-corrected chi connectivity index (χ0v) is 15.5. The number of hydrogen-bond acceptors (Lipinski definition) is 6. The monoisotopic (exact) mass is 370 g/mol. The fourth-order valence-corrected chi connectivity index (χ4v) is 3.21. The molecule has 0 aliphatic rings. The number of rotatable bonds is 6. The zero-order chi connectivity index (χ0) is 17.5. The Kier molecular flexibility index (Phi) is 6.14. The number of pyridine rings is 1. The van der Waals surface area contributed by atoms with Crippen LogP contribution in [0, 0.1) is 0 Å². The summed E-state index contributed by atoms with van der Waals surface area (Å²) in [5, 5.41) is 8.36. The van der Waals surface area contributed by atoms with Gasteiger partial charge in [0, 0.05) is 11.9 Å². The van der Waals surface area contributed by atoms with Crippen LogP contribution in [0.3, 0.4) is 0 Å². The first-order valence-corrected chi connectivity index (χ1v) is 9.33. The topological polar surface area (TPSA) is 52.8 Å².